The minimum absolute atomic E-state index is 0.0659. The van der Waals surface area contributed by atoms with Gasteiger partial charge in [-0.15, -0.1) is 0 Å². The summed E-state index contributed by atoms with van der Waals surface area (Å²) in [4.78, 5) is 13.5. The number of amides is 1. The molecular formula is C15H23N3O3S. The summed E-state index contributed by atoms with van der Waals surface area (Å²) in [6, 6.07) is 7.82. The molecule has 0 bridgehead atoms. The average Bonchev–Trinajstić information content (AvgIpc) is 2.45. The Morgan fingerprint density at radius 2 is 2.14 bits per heavy atom. The van der Waals surface area contributed by atoms with Crippen LogP contribution in [0.25, 0.3) is 0 Å². The van der Waals surface area contributed by atoms with Crippen molar-refractivity contribution in [1.29, 1.82) is 0 Å². The number of rotatable bonds is 6. The molecule has 0 radical (unpaired) electrons. The second kappa shape index (κ2) is 7.21. The zero-order valence-corrected chi connectivity index (χ0v) is 13.6. The van der Waals surface area contributed by atoms with Gasteiger partial charge in [-0.25, -0.2) is 13.1 Å². The Bertz CT molecular complexity index is 631. The van der Waals surface area contributed by atoms with Crippen LogP contribution in [-0.2, 0) is 27.9 Å². The molecule has 1 saturated heterocycles. The Labute approximate surface area is 131 Å². The van der Waals surface area contributed by atoms with Gasteiger partial charge < -0.3 is 5.73 Å². The van der Waals surface area contributed by atoms with E-state index in [9.17, 15) is 13.2 Å². The molecule has 0 aliphatic carbocycles. The summed E-state index contributed by atoms with van der Waals surface area (Å²) in [5, 5.41) is 0. The minimum Gasteiger partial charge on any atom is -0.369 e. The van der Waals surface area contributed by atoms with Crippen molar-refractivity contribution in [3.8, 4) is 0 Å². The van der Waals surface area contributed by atoms with Gasteiger partial charge in [0.25, 0.3) is 0 Å². The number of benzene rings is 1. The quantitative estimate of drug-likeness (QED) is 0.793. The fraction of sp³-hybridized carbons (Fsp3) is 0.533. The van der Waals surface area contributed by atoms with E-state index in [1.54, 1.807) is 0 Å². The van der Waals surface area contributed by atoms with Crippen molar-refractivity contribution in [2.75, 3.05) is 19.3 Å². The summed E-state index contributed by atoms with van der Waals surface area (Å²) in [6.07, 6.45) is 2.99. The lowest BCUT2D eigenvalue weighted by molar-refractivity contribution is -0.123. The molecule has 1 amide bonds. The van der Waals surface area contributed by atoms with Crippen molar-refractivity contribution in [2.45, 2.75) is 25.9 Å². The van der Waals surface area contributed by atoms with Crippen LogP contribution in [0.1, 0.15) is 24.0 Å². The fourth-order valence-electron chi connectivity index (χ4n) is 2.74. The van der Waals surface area contributed by atoms with E-state index in [2.05, 4.69) is 9.62 Å². The van der Waals surface area contributed by atoms with Crippen molar-refractivity contribution in [3.05, 3.63) is 35.4 Å². The van der Waals surface area contributed by atoms with Gasteiger partial charge in [-0.3, -0.25) is 9.69 Å². The van der Waals surface area contributed by atoms with E-state index in [0.29, 0.717) is 6.54 Å². The third kappa shape index (κ3) is 5.40. The van der Waals surface area contributed by atoms with Gasteiger partial charge in [0.2, 0.25) is 15.9 Å². The van der Waals surface area contributed by atoms with Crippen LogP contribution in [0.5, 0.6) is 0 Å². The molecule has 1 heterocycles. The Morgan fingerprint density at radius 3 is 2.82 bits per heavy atom. The van der Waals surface area contributed by atoms with Crippen LogP contribution in [0.2, 0.25) is 0 Å². The maximum Gasteiger partial charge on any atom is 0.221 e. The Morgan fingerprint density at radius 1 is 1.41 bits per heavy atom. The molecule has 3 N–H and O–H groups in total. The van der Waals surface area contributed by atoms with Crippen molar-refractivity contribution < 1.29 is 13.2 Å². The van der Waals surface area contributed by atoms with Crippen LogP contribution in [0, 0.1) is 5.92 Å². The fourth-order valence-corrected chi connectivity index (χ4v) is 3.17. The summed E-state index contributed by atoms with van der Waals surface area (Å²) in [5.74, 6) is -0.292. The van der Waals surface area contributed by atoms with Crippen LogP contribution >= 0.6 is 0 Å². The molecule has 0 unspecified atom stereocenters. The molecule has 1 aromatic carbocycles. The lowest BCUT2D eigenvalue weighted by atomic mass is 9.97. The smallest absolute Gasteiger partial charge is 0.221 e. The predicted octanol–water partition coefficient (Wildman–Crippen LogP) is 0.433. The Hall–Kier alpha value is -1.44. The van der Waals surface area contributed by atoms with E-state index in [0.717, 1.165) is 43.3 Å². The molecular weight excluding hydrogens is 302 g/mol. The number of piperidine rings is 1. The van der Waals surface area contributed by atoms with Crippen LogP contribution in [0.15, 0.2) is 24.3 Å². The summed E-state index contributed by atoms with van der Waals surface area (Å²) in [7, 11) is -3.19. The number of hydrogen-bond acceptors (Lipinski definition) is 4. The van der Waals surface area contributed by atoms with Gasteiger partial charge >= 0.3 is 0 Å². The first-order valence-corrected chi connectivity index (χ1v) is 9.27. The summed E-state index contributed by atoms with van der Waals surface area (Å²) >= 11 is 0. The lowest BCUT2D eigenvalue weighted by Gasteiger charge is -2.31. The Balaban J connectivity index is 1.96. The highest BCUT2D eigenvalue weighted by molar-refractivity contribution is 7.88. The number of hydrogen-bond donors (Lipinski definition) is 2. The molecule has 22 heavy (non-hydrogen) atoms. The lowest BCUT2D eigenvalue weighted by Crippen LogP contribution is -2.40. The standard InChI is InChI=1S/C15H23N3O3S/c1-22(20,21)17-9-12-4-2-5-13(8-12)10-18-7-3-6-14(11-18)15(16)19/h2,4-5,8,14,17H,3,6-7,9-11H2,1H3,(H2,16,19)/t14-/m0/s1. The van der Waals surface area contributed by atoms with E-state index in [1.165, 1.54) is 0 Å². The van der Waals surface area contributed by atoms with Crippen LogP contribution in [0.3, 0.4) is 0 Å². The monoisotopic (exact) mass is 325 g/mol. The number of nitrogens with one attached hydrogen (secondary N) is 1. The SMILES string of the molecule is CS(=O)(=O)NCc1cccc(CN2CCC[C@H](C(N)=O)C2)c1. The predicted molar refractivity (Wildman–Crippen MR) is 85.3 cm³/mol. The molecule has 2 rings (SSSR count). The van der Waals surface area contributed by atoms with Crippen molar-refractivity contribution >= 4 is 15.9 Å². The maximum absolute atomic E-state index is 11.3. The third-order valence-electron chi connectivity index (χ3n) is 3.84. The zero-order chi connectivity index (χ0) is 16.2. The second-order valence-corrected chi connectivity index (χ2v) is 7.72. The van der Waals surface area contributed by atoms with Gasteiger partial charge in [-0.2, -0.15) is 0 Å². The first-order chi connectivity index (χ1) is 10.3. The van der Waals surface area contributed by atoms with Gasteiger partial charge in [0.1, 0.15) is 0 Å². The number of primary amides is 1. The first kappa shape index (κ1) is 16.9. The molecule has 7 heteroatoms. The molecule has 6 nitrogen and oxygen atoms in total. The highest BCUT2D eigenvalue weighted by atomic mass is 32.2. The van der Waals surface area contributed by atoms with Crippen LogP contribution < -0.4 is 10.5 Å². The molecule has 0 aromatic heterocycles. The number of carbonyl (C=O) groups is 1. The van der Waals surface area contributed by atoms with Crippen LogP contribution in [0.4, 0.5) is 0 Å². The average molecular weight is 325 g/mol. The summed E-state index contributed by atoms with van der Waals surface area (Å²) in [5.41, 5.74) is 7.43. The maximum atomic E-state index is 11.3. The van der Waals surface area contributed by atoms with Gasteiger partial charge in [0.15, 0.2) is 0 Å². The largest absolute Gasteiger partial charge is 0.369 e. The molecule has 1 aromatic rings. The molecule has 1 aliphatic heterocycles. The topological polar surface area (TPSA) is 92.5 Å². The van der Waals surface area contributed by atoms with Gasteiger partial charge in [-0.05, 0) is 30.5 Å². The second-order valence-electron chi connectivity index (χ2n) is 5.89. The van der Waals surface area contributed by atoms with Gasteiger partial charge in [-0.1, -0.05) is 24.3 Å². The van der Waals surface area contributed by atoms with Gasteiger partial charge in [0.05, 0.1) is 12.2 Å². The van der Waals surface area contributed by atoms with E-state index in [1.807, 2.05) is 24.3 Å². The van der Waals surface area contributed by atoms with Crippen LogP contribution in [-0.4, -0.2) is 38.6 Å². The third-order valence-corrected chi connectivity index (χ3v) is 4.51. The number of likely N-dealkylation sites (tertiary alicyclic amines) is 1. The Kier molecular flexibility index (Phi) is 5.55. The number of carbonyl (C=O) groups excluding carboxylic acids is 1. The number of nitrogens with two attached hydrogens (primary N) is 1. The number of nitrogens with zero attached hydrogens (tertiary/aromatic N) is 1. The van der Waals surface area contributed by atoms with E-state index >= 15 is 0 Å². The van der Waals surface area contributed by atoms with Crippen molar-refractivity contribution in [3.63, 3.8) is 0 Å². The molecule has 0 spiro atoms. The van der Waals surface area contributed by atoms with Crippen molar-refractivity contribution in [1.82, 2.24) is 9.62 Å². The molecule has 122 valence electrons. The highest BCUT2D eigenvalue weighted by Gasteiger charge is 2.23. The van der Waals surface area contributed by atoms with E-state index in [4.69, 9.17) is 5.73 Å². The molecule has 0 saturated carbocycles. The van der Waals surface area contributed by atoms with E-state index in [-0.39, 0.29) is 18.4 Å². The van der Waals surface area contributed by atoms with E-state index < -0.39 is 10.0 Å². The first-order valence-electron chi connectivity index (χ1n) is 7.37. The summed E-state index contributed by atoms with van der Waals surface area (Å²) in [6.45, 7) is 2.68. The summed E-state index contributed by atoms with van der Waals surface area (Å²) < 4.78 is 24.8. The highest BCUT2D eigenvalue weighted by Crippen LogP contribution is 2.18. The van der Waals surface area contributed by atoms with Crippen molar-refractivity contribution in [2.24, 2.45) is 11.7 Å². The zero-order valence-electron chi connectivity index (χ0n) is 12.8. The minimum atomic E-state index is -3.19. The number of sulfonamides is 1. The molecule has 1 atom stereocenters. The molecule has 1 aliphatic rings. The normalized spacial score (nSPS) is 20.0. The van der Waals surface area contributed by atoms with Gasteiger partial charge in [0, 0.05) is 19.6 Å². The molecule has 1 fully saturated rings.